The van der Waals surface area contributed by atoms with E-state index in [-0.39, 0.29) is 22.1 Å². The topological polar surface area (TPSA) is 104 Å². The van der Waals surface area contributed by atoms with Gasteiger partial charge in [0.05, 0.1) is 4.92 Å². The molecule has 0 saturated carbocycles. The summed E-state index contributed by atoms with van der Waals surface area (Å²) in [7, 11) is -4.28. The van der Waals surface area contributed by atoms with Crippen molar-refractivity contribution in [2.75, 3.05) is 0 Å². The van der Waals surface area contributed by atoms with Gasteiger partial charge in [-0.05, 0) is 44.0 Å². The summed E-state index contributed by atoms with van der Waals surface area (Å²) < 4.78 is 30.0. The zero-order valence-corrected chi connectivity index (χ0v) is 14.1. The van der Waals surface area contributed by atoms with E-state index in [9.17, 15) is 23.3 Å². The number of benzene rings is 2. The highest BCUT2D eigenvalue weighted by Gasteiger charge is 2.24. The molecule has 24 heavy (non-hydrogen) atoms. The zero-order chi connectivity index (χ0) is 18.1. The Balaban J connectivity index is 2.50. The molecule has 0 bridgehead atoms. The van der Waals surface area contributed by atoms with Crippen LogP contribution in [0.4, 0.5) is 5.69 Å². The smallest absolute Gasteiger partial charge is 0.339 e. The Hall–Kier alpha value is -2.74. The van der Waals surface area contributed by atoms with Crippen molar-refractivity contribution in [3.63, 3.8) is 0 Å². The number of carbonyl (C=O) groups is 1. The molecule has 2 rings (SSSR count). The molecule has 2 aromatic rings. The van der Waals surface area contributed by atoms with Crippen LogP contribution in [0.3, 0.4) is 0 Å². The van der Waals surface area contributed by atoms with Crippen LogP contribution in [-0.2, 0) is 10.1 Å². The molecule has 0 aliphatic rings. The highest BCUT2D eigenvalue weighted by atomic mass is 32.2. The molecule has 2 aromatic carbocycles. The fourth-order valence-corrected chi connectivity index (χ4v) is 3.36. The summed E-state index contributed by atoms with van der Waals surface area (Å²) in [6.45, 7) is 4.47. The average Bonchev–Trinajstić information content (AvgIpc) is 2.49. The van der Waals surface area contributed by atoms with Crippen LogP contribution in [0, 0.1) is 24.0 Å². The van der Waals surface area contributed by atoms with Crippen molar-refractivity contribution < 1.29 is 22.3 Å². The number of non-ortho nitro benzene ring substituents is 1. The Bertz CT molecular complexity index is 934. The highest BCUT2D eigenvalue weighted by molar-refractivity contribution is 7.87. The van der Waals surface area contributed by atoms with Crippen molar-refractivity contribution in [1.82, 2.24) is 0 Å². The van der Waals surface area contributed by atoms with Crippen molar-refractivity contribution in [2.45, 2.75) is 25.7 Å². The lowest BCUT2D eigenvalue weighted by Gasteiger charge is -2.11. The van der Waals surface area contributed by atoms with Crippen molar-refractivity contribution in [3.05, 3.63) is 63.2 Å². The van der Waals surface area contributed by atoms with Gasteiger partial charge in [-0.3, -0.25) is 14.9 Å². The molecule has 0 amide bonds. The first-order valence-corrected chi connectivity index (χ1v) is 8.34. The van der Waals surface area contributed by atoms with Crippen LogP contribution >= 0.6 is 0 Å². The summed E-state index contributed by atoms with van der Waals surface area (Å²) in [5, 5.41) is 11.0. The van der Waals surface area contributed by atoms with Gasteiger partial charge in [-0.15, -0.1) is 0 Å². The second-order valence-electron chi connectivity index (χ2n) is 5.26. The first-order chi connectivity index (χ1) is 11.1. The van der Waals surface area contributed by atoms with Crippen molar-refractivity contribution in [1.29, 1.82) is 0 Å². The maximum absolute atomic E-state index is 12.5. The monoisotopic (exact) mass is 349 g/mol. The summed E-state index contributed by atoms with van der Waals surface area (Å²) in [6.07, 6.45) is 0. The van der Waals surface area contributed by atoms with E-state index in [4.69, 9.17) is 4.18 Å². The summed E-state index contributed by atoms with van der Waals surface area (Å²) in [5.41, 5.74) is 0.791. The molecule has 0 aromatic heterocycles. The molecule has 0 N–H and O–H groups in total. The van der Waals surface area contributed by atoms with Crippen LogP contribution in [-0.4, -0.2) is 19.1 Å². The number of nitro benzene ring substituents is 1. The maximum atomic E-state index is 12.5. The van der Waals surface area contributed by atoms with E-state index in [1.807, 2.05) is 0 Å². The van der Waals surface area contributed by atoms with E-state index in [0.29, 0.717) is 16.7 Å². The third-order valence-electron chi connectivity index (χ3n) is 3.53. The van der Waals surface area contributed by atoms with E-state index >= 15 is 0 Å². The van der Waals surface area contributed by atoms with Crippen LogP contribution in [0.5, 0.6) is 5.75 Å². The SMILES string of the molecule is CC(=O)c1cccc(OS(=O)(=O)c2cc([N+](=O)[O-])cc(C)c2C)c1. The number of ketones is 1. The molecule has 0 spiro atoms. The van der Waals surface area contributed by atoms with Crippen LogP contribution in [0.2, 0.25) is 0 Å². The number of hydrogen-bond acceptors (Lipinski definition) is 6. The summed E-state index contributed by atoms with van der Waals surface area (Å²) >= 11 is 0. The fraction of sp³-hybridized carbons (Fsp3) is 0.188. The van der Waals surface area contributed by atoms with Gasteiger partial charge in [0.1, 0.15) is 10.6 Å². The predicted octanol–water partition coefficient (Wildman–Crippen LogP) is 3.18. The normalized spacial score (nSPS) is 11.1. The molecule has 126 valence electrons. The molecule has 0 aliphatic carbocycles. The molecule has 7 nitrogen and oxygen atoms in total. The van der Waals surface area contributed by atoms with Crippen LogP contribution in [0.15, 0.2) is 41.3 Å². The number of aryl methyl sites for hydroxylation is 1. The predicted molar refractivity (Wildman–Crippen MR) is 86.8 cm³/mol. The number of hydrogen-bond donors (Lipinski definition) is 0. The van der Waals surface area contributed by atoms with E-state index in [2.05, 4.69) is 0 Å². The Morgan fingerprint density at radius 2 is 1.83 bits per heavy atom. The molecule has 0 fully saturated rings. The lowest BCUT2D eigenvalue weighted by Crippen LogP contribution is -2.13. The number of nitro groups is 1. The van der Waals surface area contributed by atoms with Crippen LogP contribution in [0.25, 0.3) is 0 Å². The van der Waals surface area contributed by atoms with Crippen molar-refractivity contribution >= 4 is 21.6 Å². The minimum absolute atomic E-state index is 0.0359. The van der Waals surface area contributed by atoms with Crippen LogP contribution < -0.4 is 4.18 Å². The standard InChI is InChI=1S/C16H15NO6S/c1-10-7-14(17(19)20)9-16(11(10)2)24(21,22)23-15-6-4-5-13(8-15)12(3)18/h4-9H,1-3H3. The van der Waals surface area contributed by atoms with Gasteiger partial charge >= 0.3 is 10.1 Å². The number of nitrogens with zero attached hydrogens (tertiary/aromatic N) is 1. The summed E-state index contributed by atoms with van der Waals surface area (Å²) in [6, 6.07) is 7.98. The molecular weight excluding hydrogens is 334 g/mol. The highest BCUT2D eigenvalue weighted by Crippen LogP contribution is 2.28. The second kappa shape index (κ2) is 6.40. The molecular formula is C16H15NO6S. The van der Waals surface area contributed by atoms with Crippen LogP contribution in [0.1, 0.15) is 28.4 Å². The van der Waals surface area contributed by atoms with Gasteiger partial charge in [-0.1, -0.05) is 12.1 Å². The Labute approximate surface area is 139 Å². The van der Waals surface area contributed by atoms with E-state index in [0.717, 1.165) is 6.07 Å². The number of carbonyl (C=O) groups excluding carboxylic acids is 1. The van der Waals surface area contributed by atoms with E-state index < -0.39 is 15.0 Å². The van der Waals surface area contributed by atoms with Gasteiger partial charge in [0.25, 0.3) is 5.69 Å². The second-order valence-corrected chi connectivity index (χ2v) is 6.78. The Morgan fingerprint density at radius 1 is 1.17 bits per heavy atom. The first kappa shape index (κ1) is 17.6. The van der Waals surface area contributed by atoms with E-state index in [1.54, 1.807) is 13.8 Å². The summed E-state index contributed by atoms with van der Waals surface area (Å²) in [5.74, 6) is -0.272. The minimum Gasteiger partial charge on any atom is -0.379 e. The molecule has 0 aliphatic heterocycles. The Kier molecular flexibility index (Phi) is 4.70. The zero-order valence-electron chi connectivity index (χ0n) is 13.3. The molecule has 8 heteroatoms. The van der Waals surface area contributed by atoms with Gasteiger partial charge in [-0.2, -0.15) is 8.42 Å². The minimum atomic E-state index is -4.28. The third kappa shape index (κ3) is 3.60. The van der Waals surface area contributed by atoms with Gasteiger partial charge in [0.15, 0.2) is 5.78 Å². The molecule has 0 unspecified atom stereocenters. The number of Topliss-reactive ketones (excluding diaryl/α,β-unsaturated/α-hetero) is 1. The average molecular weight is 349 g/mol. The maximum Gasteiger partial charge on any atom is 0.339 e. The molecule has 0 heterocycles. The summed E-state index contributed by atoms with van der Waals surface area (Å²) in [4.78, 5) is 21.4. The van der Waals surface area contributed by atoms with Gasteiger partial charge in [-0.25, -0.2) is 0 Å². The first-order valence-electron chi connectivity index (χ1n) is 6.93. The van der Waals surface area contributed by atoms with Gasteiger partial charge < -0.3 is 4.18 Å². The molecule has 0 saturated heterocycles. The van der Waals surface area contributed by atoms with Crippen molar-refractivity contribution in [2.24, 2.45) is 0 Å². The van der Waals surface area contributed by atoms with Gasteiger partial charge in [0, 0.05) is 17.7 Å². The fourth-order valence-electron chi connectivity index (χ4n) is 2.11. The van der Waals surface area contributed by atoms with E-state index in [1.165, 1.54) is 37.3 Å². The Morgan fingerprint density at radius 3 is 2.42 bits per heavy atom. The largest absolute Gasteiger partial charge is 0.379 e. The molecule has 0 atom stereocenters. The third-order valence-corrected chi connectivity index (χ3v) is 4.91. The number of rotatable bonds is 5. The molecule has 0 radical (unpaired) electrons. The quantitative estimate of drug-likeness (QED) is 0.355. The lowest BCUT2D eigenvalue weighted by atomic mass is 10.1. The van der Waals surface area contributed by atoms with Crippen molar-refractivity contribution in [3.8, 4) is 5.75 Å². The van der Waals surface area contributed by atoms with Gasteiger partial charge in [0.2, 0.25) is 0 Å². The lowest BCUT2D eigenvalue weighted by molar-refractivity contribution is -0.385.